The molecule has 0 aliphatic carbocycles. The number of nitrogens with one attached hydrogen (secondary N) is 4. The van der Waals surface area contributed by atoms with Crippen molar-refractivity contribution >= 4 is 58.2 Å². The maximum Gasteiger partial charge on any atom is 0.336 e. The maximum absolute atomic E-state index is 14.0. The number of esters is 1. The van der Waals surface area contributed by atoms with E-state index in [-0.39, 0.29) is 38.2 Å². The first kappa shape index (κ1) is 47.8. The van der Waals surface area contributed by atoms with Crippen molar-refractivity contribution in [3.05, 3.63) is 76.1 Å². The van der Waals surface area contributed by atoms with E-state index in [2.05, 4.69) is 26.3 Å². The molecular formula is C40H56N10O10. The Morgan fingerprint density at radius 1 is 0.850 bits per heavy atom. The first-order chi connectivity index (χ1) is 28.5. The summed E-state index contributed by atoms with van der Waals surface area (Å²) in [5.74, 6) is -5.48. The standard InChI is InChI=1S/C40H56N10O10/c1-23(27-20-34(53)60-32-19-25(50(2)3)14-15-26(27)32)59-35(54)21-28(42)36(55)49-31(18-24-10-5-4-6-11-24)39(58)48-30(12-7-8-16-41)38(57)47-29(13-9-17-45-40(43)44)37(56)46-22-33(51)52/h4-6,10-11,14-15,19-20,23,28-31H,7-9,12-13,16-18,21-22,41-42H2,1-3H3,(H,46,56)(H,47,57)(H,48,58)(H,49,55)(H,51,52)(H4,43,44,45)/t23?,28-,29-,30-,31+/m0/s1. The van der Waals surface area contributed by atoms with Gasteiger partial charge in [0.05, 0.1) is 12.5 Å². The number of aliphatic imine (C=N–C) groups is 1. The van der Waals surface area contributed by atoms with Gasteiger partial charge < -0.3 is 63.4 Å². The summed E-state index contributed by atoms with van der Waals surface area (Å²) >= 11 is 0. The second kappa shape index (κ2) is 23.8. The van der Waals surface area contributed by atoms with Crippen LogP contribution in [0.25, 0.3) is 11.0 Å². The van der Waals surface area contributed by atoms with E-state index in [1.54, 1.807) is 49.4 Å². The molecule has 20 heteroatoms. The number of carbonyl (C=O) groups is 6. The average Bonchev–Trinajstić information content (AvgIpc) is 3.19. The molecule has 0 aliphatic rings. The molecule has 60 heavy (non-hydrogen) atoms. The number of rotatable bonds is 24. The number of nitrogens with two attached hydrogens (primary N) is 4. The van der Waals surface area contributed by atoms with Gasteiger partial charge in [-0.1, -0.05) is 30.3 Å². The normalized spacial score (nSPS) is 13.4. The van der Waals surface area contributed by atoms with Crippen molar-refractivity contribution in [1.82, 2.24) is 21.3 Å². The van der Waals surface area contributed by atoms with Crippen molar-refractivity contribution in [3.63, 3.8) is 0 Å². The zero-order valence-corrected chi connectivity index (χ0v) is 34.0. The Hall–Kier alpha value is -6.54. The summed E-state index contributed by atoms with van der Waals surface area (Å²) in [7, 11) is 3.67. The van der Waals surface area contributed by atoms with Crippen LogP contribution in [0.2, 0.25) is 0 Å². The van der Waals surface area contributed by atoms with Crippen molar-refractivity contribution < 1.29 is 43.0 Å². The first-order valence-electron chi connectivity index (χ1n) is 19.4. The van der Waals surface area contributed by atoms with Crippen molar-refractivity contribution in [2.24, 2.45) is 27.9 Å². The molecule has 1 aromatic heterocycles. The van der Waals surface area contributed by atoms with Gasteiger partial charge in [0.25, 0.3) is 0 Å². The summed E-state index contributed by atoms with van der Waals surface area (Å²) in [5.41, 5.74) is 24.1. The molecule has 3 aromatic rings. The minimum Gasteiger partial charge on any atom is -0.480 e. The predicted octanol–water partition coefficient (Wildman–Crippen LogP) is -0.739. The summed E-state index contributed by atoms with van der Waals surface area (Å²) in [4.78, 5) is 96.4. The van der Waals surface area contributed by atoms with E-state index >= 15 is 0 Å². The molecule has 0 bridgehead atoms. The number of hydrogen-bond donors (Lipinski definition) is 9. The molecule has 0 spiro atoms. The molecule has 0 aliphatic heterocycles. The van der Waals surface area contributed by atoms with E-state index in [0.717, 1.165) is 5.69 Å². The van der Waals surface area contributed by atoms with Crippen LogP contribution in [0.3, 0.4) is 0 Å². The third kappa shape index (κ3) is 15.7. The fraction of sp³-hybridized carbons (Fsp3) is 0.450. The van der Waals surface area contributed by atoms with Crippen molar-refractivity contribution in [2.45, 2.75) is 82.1 Å². The van der Waals surface area contributed by atoms with Gasteiger partial charge in [-0.3, -0.25) is 33.8 Å². The van der Waals surface area contributed by atoms with Gasteiger partial charge in [-0.15, -0.1) is 0 Å². The average molecular weight is 837 g/mol. The summed E-state index contributed by atoms with van der Waals surface area (Å²) in [6.07, 6.45) is -0.285. The lowest BCUT2D eigenvalue weighted by molar-refractivity contribution is -0.150. The number of carbonyl (C=O) groups excluding carboxylic acids is 5. The molecule has 4 amide bonds. The van der Waals surface area contributed by atoms with Gasteiger partial charge in [0.15, 0.2) is 5.96 Å². The van der Waals surface area contributed by atoms with Crippen LogP contribution in [0.1, 0.15) is 62.7 Å². The van der Waals surface area contributed by atoms with Crippen molar-refractivity contribution in [2.75, 3.05) is 38.6 Å². The summed E-state index contributed by atoms with van der Waals surface area (Å²) in [6.45, 7) is 1.29. The number of anilines is 1. The van der Waals surface area contributed by atoms with E-state index in [0.29, 0.717) is 41.5 Å². The van der Waals surface area contributed by atoms with Gasteiger partial charge in [-0.2, -0.15) is 0 Å². The molecule has 2 aromatic carbocycles. The third-order valence-electron chi connectivity index (χ3n) is 9.23. The zero-order valence-electron chi connectivity index (χ0n) is 34.0. The van der Waals surface area contributed by atoms with Crippen LogP contribution >= 0.6 is 0 Å². The van der Waals surface area contributed by atoms with E-state index in [1.807, 2.05) is 25.1 Å². The summed E-state index contributed by atoms with van der Waals surface area (Å²) < 4.78 is 11.0. The quantitative estimate of drug-likeness (QED) is 0.0176. The van der Waals surface area contributed by atoms with Gasteiger partial charge in [0.1, 0.15) is 36.4 Å². The highest BCUT2D eigenvalue weighted by atomic mass is 16.5. The number of aliphatic carboxylic acids is 1. The number of fused-ring (bicyclic) bond motifs is 1. The van der Waals surface area contributed by atoms with Crippen LogP contribution in [-0.2, 0) is 39.9 Å². The maximum atomic E-state index is 14.0. The largest absolute Gasteiger partial charge is 0.480 e. The number of ether oxygens (including phenoxy) is 1. The Balaban J connectivity index is 1.77. The van der Waals surface area contributed by atoms with E-state index < -0.39 is 84.4 Å². The highest BCUT2D eigenvalue weighted by Crippen LogP contribution is 2.28. The summed E-state index contributed by atoms with van der Waals surface area (Å²) in [6, 6.07) is 9.98. The molecule has 1 unspecified atom stereocenters. The molecule has 3 rings (SSSR count). The molecule has 0 saturated carbocycles. The predicted molar refractivity (Wildman–Crippen MR) is 223 cm³/mol. The number of carboxylic acids is 1. The zero-order chi connectivity index (χ0) is 44.4. The van der Waals surface area contributed by atoms with Crippen molar-refractivity contribution in [1.29, 1.82) is 0 Å². The number of amides is 4. The van der Waals surface area contributed by atoms with Crippen LogP contribution in [0.15, 0.2) is 68.8 Å². The Bertz CT molecular complexity index is 2040. The van der Waals surface area contributed by atoms with E-state index in [9.17, 15) is 33.6 Å². The minimum atomic E-state index is -1.47. The number of benzene rings is 2. The minimum absolute atomic E-state index is 0.0261. The van der Waals surface area contributed by atoms with Crippen molar-refractivity contribution in [3.8, 4) is 0 Å². The molecule has 0 radical (unpaired) electrons. The molecule has 13 N–H and O–H groups in total. The smallest absolute Gasteiger partial charge is 0.336 e. The lowest BCUT2D eigenvalue weighted by Gasteiger charge is -2.26. The lowest BCUT2D eigenvalue weighted by Crippen LogP contribution is -2.58. The summed E-state index contributed by atoms with van der Waals surface area (Å²) in [5, 5.41) is 19.7. The molecular weight excluding hydrogens is 780 g/mol. The SMILES string of the molecule is CC(OC(=O)C[C@H](N)C(=O)N[C@H](Cc1ccccc1)C(=O)N[C@@H](CCCCN)C(=O)N[C@@H](CCCN=C(N)N)C(=O)NCC(=O)O)c1cc(=O)oc2cc(N(C)C)ccc12. The lowest BCUT2D eigenvalue weighted by atomic mass is 10.0. The highest BCUT2D eigenvalue weighted by molar-refractivity contribution is 5.96. The second-order valence-electron chi connectivity index (χ2n) is 14.3. The number of guanidine groups is 1. The fourth-order valence-electron chi connectivity index (χ4n) is 6.07. The Morgan fingerprint density at radius 3 is 2.12 bits per heavy atom. The number of nitrogens with zero attached hydrogens (tertiary/aromatic N) is 2. The highest BCUT2D eigenvalue weighted by Gasteiger charge is 2.31. The third-order valence-corrected chi connectivity index (χ3v) is 9.23. The monoisotopic (exact) mass is 836 g/mol. The molecule has 5 atom stereocenters. The van der Waals surface area contributed by atoms with Gasteiger partial charge in [0.2, 0.25) is 23.6 Å². The van der Waals surface area contributed by atoms with Crippen LogP contribution < -0.4 is 54.7 Å². The fourth-order valence-corrected chi connectivity index (χ4v) is 6.07. The van der Waals surface area contributed by atoms with Gasteiger partial charge in [-0.05, 0) is 63.3 Å². The molecule has 326 valence electrons. The van der Waals surface area contributed by atoms with Crippen LogP contribution in [0, 0.1) is 0 Å². The van der Waals surface area contributed by atoms with E-state index in [4.69, 9.17) is 37.2 Å². The number of carboxylic acid groups (broad SMARTS) is 1. The topological polar surface area (TPSA) is 330 Å². The number of unbranched alkanes of at least 4 members (excludes halogenated alkanes) is 1. The van der Waals surface area contributed by atoms with Crippen LogP contribution in [0.4, 0.5) is 5.69 Å². The Morgan fingerprint density at radius 2 is 1.48 bits per heavy atom. The van der Waals surface area contributed by atoms with E-state index in [1.165, 1.54) is 6.07 Å². The van der Waals surface area contributed by atoms with Gasteiger partial charge in [-0.25, -0.2) is 4.79 Å². The molecule has 1 heterocycles. The van der Waals surface area contributed by atoms with Gasteiger partial charge in [0, 0.05) is 55.8 Å². The van der Waals surface area contributed by atoms with Crippen LogP contribution in [0.5, 0.6) is 0 Å². The Labute approximate surface area is 346 Å². The second-order valence-corrected chi connectivity index (χ2v) is 14.3. The van der Waals surface area contributed by atoms with Gasteiger partial charge >= 0.3 is 17.6 Å². The number of hydrogen-bond acceptors (Lipinski definition) is 13. The molecule has 20 nitrogen and oxygen atoms in total. The molecule has 0 fully saturated rings. The van der Waals surface area contributed by atoms with Crippen LogP contribution in [-0.4, -0.2) is 105 Å². The molecule has 0 saturated heterocycles. The first-order valence-corrected chi connectivity index (χ1v) is 19.4. The Kier molecular flexibility index (Phi) is 18.9.